The number of hydrogen-bond acceptors (Lipinski definition) is 4. The van der Waals surface area contributed by atoms with E-state index in [4.69, 9.17) is 4.74 Å². The van der Waals surface area contributed by atoms with Crippen molar-refractivity contribution in [1.29, 1.82) is 0 Å². The molecule has 0 spiro atoms. The monoisotopic (exact) mass is 347 g/mol. The first-order chi connectivity index (χ1) is 11.7. The largest absolute Gasteiger partial charge is 0.444 e. The van der Waals surface area contributed by atoms with Gasteiger partial charge in [-0.1, -0.05) is 6.07 Å². The molecule has 7 heteroatoms. The highest BCUT2D eigenvalue weighted by Crippen LogP contribution is 2.16. The maximum Gasteiger partial charge on any atom is 0.410 e. The van der Waals surface area contributed by atoms with E-state index in [0.29, 0.717) is 37.4 Å². The topological polar surface area (TPSA) is 79.0 Å². The fourth-order valence-corrected chi connectivity index (χ4v) is 2.53. The maximum atomic E-state index is 12.6. The molecule has 3 amide bonds. The lowest BCUT2D eigenvalue weighted by molar-refractivity contribution is -0.114. The fraction of sp³-hybridized carbons (Fsp3) is 0.500. The lowest BCUT2D eigenvalue weighted by Gasteiger charge is -2.35. The number of carbonyl (C=O) groups excluding carboxylic acids is 3. The molecule has 1 aliphatic heterocycles. The van der Waals surface area contributed by atoms with E-state index in [1.165, 1.54) is 6.92 Å². The zero-order chi connectivity index (χ0) is 18.6. The number of benzene rings is 1. The van der Waals surface area contributed by atoms with Gasteiger partial charge in [0, 0.05) is 44.4 Å². The lowest BCUT2D eigenvalue weighted by Crippen LogP contribution is -2.51. The van der Waals surface area contributed by atoms with E-state index in [9.17, 15) is 14.4 Å². The minimum atomic E-state index is -0.534. The summed E-state index contributed by atoms with van der Waals surface area (Å²) in [6.45, 7) is 8.67. The summed E-state index contributed by atoms with van der Waals surface area (Å²) in [5.74, 6) is -0.299. The van der Waals surface area contributed by atoms with Crippen molar-refractivity contribution in [2.24, 2.45) is 0 Å². The predicted molar refractivity (Wildman–Crippen MR) is 94.5 cm³/mol. The summed E-state index contributed by atoms with van der Waals surface area (Å²) in [6, 6.07) is 6.84. The second kappa shape index (κ2) is 7.55. The van der Waals surface area contributed by atoms with Crippen molar-refractivity contribution in [3.8, 4) is 0 Å². The van der Waals surface area contributed by atoms with Crippen LogP contribution in [0.1, 0.15) is 38.1 Å². The van der Waals surface area contributed by atoms with Crippen molar-refractivity contribution in [1.82, 2.24) is 9.80 Å². The zero-order valence-electron chi connectivity index (χ0n) is 15.2. The third-order valence-corrected chi connectivity index (χ3v) is 3.65. The fourth-order valence-electron chi connectivity index (χ4n) is 2.53. The van der Waals surface area contributed by atoms with Crippen LogP contribution < -0.4 is 5.32 Å². The number of rotatable bonds is 2. The molecule has 1 aromatic carbocycles. The van der Waals surface area contributed by atoms with Gasteiger partial charge in [0.15, 0.2) is 0 Å². The molecule has 1 fully saturated rings. The molecule has 1 aliphatic rings. The molecule has 0 saturated carbocycles. The number of hydrogen-bond donors (Lipinski definition) is 1. The van der Waals surface area contributed by atoms with Gasteiger partial charge < -0.3 is 19.9 Å². The molecule has 0 aromatic heterocycles. The van der Waals surface area contributed by atoms with Gasteiger partial charge in [-0.15, -0.1) is 0 Å². The summed E-state index contributed by atoms with van der Waals surface area (Å²) < 4.78 is 5.35. The molecule has 0 radical (unpaired) electrons. The highest BCUT2D eigenvalue weighted by molar-refractivity contribution is 5.97. The van der Waals surface area contributed by atoms with Gasteiger partial charge in [0.25, 0.3) is 5.91 Å². The van der Waals surface area contributed by atoms with E-state index in [-0.39, 0.29) is 17.9 Å². The first kappa shape index (κ1) is 18.8. The van der Waals surface area contributed by atoms with E-state index < -0.39 is 5.60 Å². The van der Waals surface area contributed by atoms with Gasteiger partial charge in [0.2, 0.25) is 5.91 Å². The molecule has 1 heterocycles. The first-order valence-corrected chi connectivity index (χ1v) is 8.30. The predicted octanol–water partition coefficient (Wildman–Crippen LogP) is 2.34. The van der Waals surface area contributed by atoms with Gasteiger partial charge in [-0.05, 0) is 39.0 Å². The molecule has 1 saturated heterocycles. The molecule has 2 rings (SSSR count). The quantitative estimate of drug-likeness (QED) is 0.890. The van der Waals surface area contributed by atoms with E-state index in [1.807, 2.05) is 20.8 Å². The Kier molecular flexibility index (Phi) is 5.66. The summed E-state index contributed by atoms with van der Waals surface area (Å²) >= 11 is 0. The van der Waals surface area contributed by atoms with Crippen molar-refractivity contribution in [3.05, 3.63) is 29.8 Å². The summed E-state index contributed by atoms with van der Waals surface area (Å²) in [7, 11) is 0. The van der Waals surface area contributed by atoms with Crippen LogP contribution in [-0.2, 0) is 9.53 Å². The third-order valence-electron chi connectivity index (χ3n) is 3.65. The molecule has 1 aromatic rings. The van der Waals surface area contributed by atoms with Crippen LogP contribution in [0.5, 0.6) is 0 Å². The zero-order valence-corrected chi connectivity index (χ0v) is 15.2. The number of ether oxygens (including phenoxy) is 1. The van der Waals surface area contributed by atoms with Crippen molar-refractivity contribution >= 4 is 23.6 Å². The Morgan fingerprint density at radius 1 is 1.04 bits per heavy atom. The standard InChI is InChI=1S/C18H25N3O4/c1-13(22)19-15-7-5-6-14(12-15)16(23)20-8-10-21(11-9-20)17(24)25-18(2,3)4/h5-7,12H,8-11H2,1-4H3,(H,19,22). The van der Waals surface area contributed by atoms with Crippen LogP contribution in [0, 0.1) is 0 Å². The first-order valence-electron chi connectivity index (χ1n) is 8.30. The Morgan fingerprint density at radius 2 is 1.64 bits per heavy atom. The smallest absolute Gasteiger partial charge is 0.410 e. The highest BCUT2D eigenvalue weighted by atomic mass is 16.6. The van der Waals surface area contributed by atoms with Crippen LogP contribution in [-0.4, -0.2) is 59.5 Å². The molecular weight excluding hydrogens is 322 g/mol. The number of anilines is 1. The average Bonchev–Trinajstić information content (AvgIpc) is 2.52. The van der Waals surface area contributed by atoms with Gasteiger partial charge in [-0.3, -0.25) is 9.59 Å². The van der Waals surface area contributed by atoms with Gasteiger partial charge in [0.05, 0.1) is 0 Å². The molecule has 25 heavy (non-hydrogen) atoms. The highest BCUT2D eigenvalue weighted by Gasteiger charge is 2.28. The number of carbonyl (C=O) groups is 3. The van der Waals surface area contributed by atoms with E-state index in [1.54, 1.807) is 34.1 Å². The van der Waals surface area contributed by atoms with E-state index >= 15 is 0 Å². The Labute approximate surface area is 147 Å². The van der Waals surface area contributed by atoms with Gasteiger partial charge >= 0.3 is 6.09 Å². The van der Waals surface area contributed by atoms with Crippen molar-refractivity contribution in [3.63, 3.8) is 0 Å². The van der Waals surface area contributed by atoms with Crippen LogP contribution in [0.2, 0.25) is 0 Å². The molecule has 7 nitrogen and oxygen atoms in total. The molecule has 0 aliphatic carbocycles. The Bertz CT molecular complexity index is 659. The van der Waals surface area contributed by atoms with E-state index in [0.717, 1.165) is 0 Å². The minimum absolute atomic E-state index is 0.115. The second-order valence-corrected chi connectivity index (χ2v) is 7.02. The summed E-state index contributed by atoms with van der Waals surface area (Å²) in [6.07, 6.45) is -0.354. The summed E-state index contributed by atoms with van der Waals surface area (Å²) in [5.41, 5.74) is 0.566. The average molecular weight is 347 g/mol. The third kappa shape index (κ3) is 5.48. The molecule has 0 unspecified atom stereocenters. The van der Waals surface area contributed by atoms with Crippen LogP contribution >= 0.6 is 0 Å². The Morgan fingerprint density at radius 3 is 2.20 bits per heavy atom. The van der Waals surface area contributed by atoms with Gasteiger partial charge in [0.1, 0.15) is 5.60 Å². The number of nitrogens with one attached hydrogen (secondary N) is 1. The molecular formula is C18H25N3O4. The molecule has 136 valence electrons. The normalized spacial score (nSPS) is 14.9. The summed E-state index contributed by atoms with van der Waals surface area (Å²) in [4.78, 5) is 39.1. The van der Waals surface area contributed by atoms with Gasteiger partial charge in [-0.25, -0.2) is 4.79 Å². The Balaban J connectivity index is 1.95. The SMILES string of the molecule is CC(=O)Nc1cccc(C(=O)N2CCN(C(=O)OC(C)(C)C)CC2)c1. The van der Waals surface area contributed by atoms with E-state index in [2.05, 4.69) is 5.32 Å². The van der Waals surface area contributed by atoms with Crippen LogP contribution in [0.25, 0.3) is 0 Å². The molecule has 0 bridgehead atoms. The number of amides is 3. The lowest BCUT2D eigenvalue weighted by atomic mass is 10.1. The van der Waals surface area contributed by atoms with Crippen molar-refractivity contribution < 1.29 is 19.1 Å². The minimum Gasteiger partial charge on any atom is -0.444 e. The number of piperazine rings is 1. The maximum absolute atomic E-state index is 12.6. The molecule has 0 atom stereocenters. The van der Waals surface area contributed by atoms with Crippen LogP contribution in [0.4, 0.5) is 10.5 Å². The summed E-state index contributed by atoms with van der Waals surface area (Å²) in [5, 5.41) is 2.67. The number of nitrogens with zero attached hydrogens (tertiary/aromatic N) is 2. The van der Waals surface area contributed by atoms with Gasteiger partial charge in [-0.2, -0.15) is 0 Å². The van der Waals surface area contributed by atoms with Crippen molar-refractivity contribution in [2.75, 3.05) is 31.5 Å². The molecule has 1 N–H and O–H groups in total. The van der Waals surface area contributed by atoms with Crippen LogP contribution in [0.3, 0.4) is 0 Å². The Hall–Kier alpha value is -2.57. The second-order valence-electron chi connectivity index (χ2n) is 7.02. The van der Waals surface area contributed by atoms with Crippen LogP contribution in [0.15, 0.2) is 24.3 Å². The van der Waals surface area contributed by atoms with Crippen molar-refractivity contribution in [2.45, 2.75) is 33.3 Å².